The Morgan fingerprint density at radius 3 is 2.76 bits per heavy atom. The number of benzene rings is 1. The van der Waals surface area contributed by atoms with E-state index in [-0.39, 0.29) is 30.7 Å². The van der Waals surface area contributed by atoms with E-state index in [1.54, 1.807) is 0 Å². The van der Waals surface area contributed by atoms with Crippen molar-refractivity contribution >= 4 is 57.6 Å². The molecule has 2 aromatic rings. The Labute approximate surface area is 168 Å². The minimum absolute atomic E-state index is 0. The van der Waals surface area contributed by atoms with Crippen LogP contribution in [0.5, 0.6) is 0 Å². The summed E-state index contributed by atoms with van der Waals surface area (Å²) in [5, 5.41) is 4.40. The molecule has 1 aromatic heterocycles. The first-order chi connectivity index (χ1) is 11.1. The molecule has 2 aliphatic heterocycles. The highest BCUT2D eigenvalue weighted by Crippen LogP contribution is 2.31. The van der Waals surface area contributed by atoms with Gasteiger partial charge in [0.15, 0.2) is 0 Å². The van der Waals surface area contributed by atoms with E-state index >= 15 is 0 Å². The van der Waals surface area contributed by atoms with Gasteiger partial charge >= 0.3 is 0 Å². The zero-order valence-corrected chi connectivity index (χ0v) is 17.2. The second kappa shape index (κ2) is 8.21. The number of amides is 1. The van der Waals surface area contributed by atoms with Gasteiger partial charge < -0.3 is 10.2 Å². The number of hydrogen-bond donors (Lipinski definition) is 1. The zero-order valence-electron chi connectivity index (χ0n) is 14.0. The number of nitrogens with one attached hydrogen (secondary N) is 1. The largest absolute Gasteiger partial charge is 0.331 e. The number of aryl methyl sites for hydroxylation is 1. The number of fused-ring (bicyclic) bond motifs is 3. The van der Waals surface area contributed by atoms with E-state index in [0.29, 0.717) is 12.1 Å². The molecule has 2 fully saturated rings. The van der Waals surface area contributed by atoms with E-state index in [2.05, 4.69) is 31.1 Å². The standard InChI is InChI=1S/C18H20BrN3O.2ClH/c1-11-8-16(15-5-2-12(19)9-17(15)21-11)18(23)22-13-3-4-14(22)10-20-7-6-13;;/h2,5,8-9,13-14,20H,3-4,6-7,10H2,1H3;2*1H. The van der Waals surface area contributed by atoms with Crippen LogP contribution in [0.2, 0.25) is 0 Å². The Kier molecular flexibility index (Phi) is 6.71. The van der Waals surface area contributed by atoms with Crippen molar-refractivity contribution in [1.29, 1.82) is 0 Å². The van der Waals surface area contributed by atoms with Gasteiger partial charge in [0.2, 0.25) is 0 Å². The molecular formula is C18H22BrCl2N3O. The number of pyridine rings is 1. The van der Waals surface area contributed by atoms with Crippen LogP contribution in [-0.2, 0) is 0 Å². The Bertz CT molecular complexity index is 767. The van der Waals surface area contributed by atoms with Crippen molar-refractivity contribution in [2.24, 2.45) is 0 Å². The predicted molar refractivity (Wildman–Crippen MR) is 109 cm³/mol. The molecule has 2 saturated heterocycles. The highest BCUT2D eigenvalue weighted by Gasteiger charge is 2.38. The average Bonchev–Trinajstić information content (AvgIpc) is 2.78. The summed E-state index contributed by atoms with van der Waals surface area (Å²) < 4.78 is 0.987. The van der Waals surface area contributed by atoms with Crippen molar-refractivity contribution in [1.82, 2.24) is 15.2 Å². The van der Waals surface area contributed by atoms with Crippen molar-refractivity contribution in [3.8, 4) is 0 Å². The van der Waals surface area contributed by atoms with Gasteiger partial charge in [-0.05, 0) is 50.9 Å². The van der Waals surface area contributed by atoms with Gasteiger partial charge in [-0.3, -0.25) is 9.78 Å². The third-order valence-electron chi connectivity index (χ3n) is 5.02. The van der Waals surface area contributed by atoms with Crippen LogP contribution in [0, 0.1) is 6.92 Å². The van der Waals surface area contributed by atoms with Gasteiger partial charge in [0.25, 0.3) is 5.91 Å². The first kappa shape index (κ1) is 20.4. The molecule has 1 aromatic carbocycles. The van der Waals surface area contributed by atoms with Crippen LogP contribution in [0.1, 0.15) is 35.3 Å². The molecule has 0 aliphatic carbocycles. The fourth-order valence-electron chi connectivity index (χ4n) is 3.96. The maximum atomic E-state index is 13.3. The monoisotopic (exact) mass is 445 g/mol. The molecule has 4 rings (SSSR count). The van der Waals surface area contributed by atoms with Gasteiger partial charge in [-0.25, -0.2) is 0 Å². The van der Waals surface area contributed by atoms with Gasteiger partial charge in [0.1, 0.15) is 0 Å². The highest BCUT2D eigenvalue weighted by atomic mass is 79.9. The van der Waals surface area contributed by atoms with Crippen molar-refractivity contribution in [3.63, 3.8) is 0 Å². The molecule has 3 heterocycles. The van der Waals surface area contributed by atoms with Crippen LogP contribution < -0.4 is 5.32 Å². The third-order valence-corrected chi connectivity index (χ3v) is 5.51. The minimum atomic E-state index is 0. The number of hydrogen-bond acceptors (Lipinski definition) is 3. The predicted octanol–water partition coefficient (Wildman–Crippen LogP) is 4.12. The van der Waals surface area contributed by atoms with Crippen molar-refractivity contribution in [3.05, 3.63) is 40.0 Å². The van der Waals surface area contributed by atoms with E-state index < -0.39 is 0 Å². The van der Waals surface area contributed by atoms with Gasteiger partial charge in [0, 0.05) is 34.2 Å². The summed E-state index contributed by atoms with van der Waals surface area (Å²) in [5.41, 5.74) is 2.56. The fourth-order valence-corrected chi connectivity index (χ4v) is 4.31. The lowest BCUT2D eigenvalue weighted by Gasteiger charge is -2.28. The molecule has 0 spiro atoms. The Morgan fingerprint density at radius 1 is 1.20 bits per heavy atom. The van der Waals surface area contributed by atoms with Crippen LogP contribution in [0.15, 0.2) is 28.7 Å². The first-order valence-corrected chi connectivity index (χ1v) is 9.03. The lowest BCUT2D eigenvalue weighted by molar-refractivity contribution is 0.0682. The van der Waals surface area contributed by atoms with Gasteiger partial charge in [-0.15, -0.1) is 24.8 Å². The number of carbonyl (C=O) groups is 1. The highest BCUT2D eigenvalue weighted by molar-refractivity contribution is 9.10. The molecule has 4 nitrogen and oxygen atoms in total. The van der Waals surface area contributed by atoms with Crippen LogP contribution in [0.4, 0.5) is 0 Å². The van der Waals surface area contributed by atoms with Crippen LogP contribution in [0.3, 0.4) is 0 Å². The summed E-state index contributed by atoms with van der Waals surface area (Å²) in [7, 11) is 0. The van der Waals surface area contributed by atoms with Crippen molar-refractivity contribution in [2.75, 3.05) is 13.1 Å². The average molecular weight is 447 g/mol. The SMILES string of the molecule is Cc1cc(C(=O)N2C3CCNCC2CC3)c2ccc(Br)cc2n1.Cl.Cl. The van der Waals surface area contributed by atoms with Crippen LogP contribution >= 0.6 is 40.7 Å². The second-order valence-electron chi connectivity index (χ2n) is 6.56. The first-order valence-electron chi connectivity index (χ1n) is 8.24. The van der Waals surface area contributed by atoms with Gasteiger partial charge in [-0.1, -0.05) is 22.0 Å². The summed E-state index contributed by atoms with van der Waals surface area (Å²) >= 11 is 3.49. The summed E-state index contributed by atoms with van der Waals surface area (Å²) in [6.45, 7) is 3.87. The van der Waals surface area contributed by atoms with Crippen molar-refractivity contribution < 1.29 is 4.79 Å². The molecule has 0 saturated carbocycles. The van der Waals surface area contributed by atoms with Gasteiger partial charge in [-0.2, -0.15) is 0 Å². The Hall–Kier alpha value is -0.880. The molecule has 2 aliphatic rings. The Morgan fingerprint density at radius 2 is 1.96 bits per heavy atom. The fraction of sp³-hybridized carbons (Fsp3) is 0.444. The van der Waals surface area contributed by atoms with Crippen LogP contribution in [0.25, 0.3) is 10.9 Å². The molecule has 0 radical (unpaired) electrons. The lowest BCUT2D eigenvalue weighted by atomic mass is 10.1. The molecule has 2 unspecified atom stereocenters. The molecule has 136 valence electrons. The number of halogens is 3. The molecular weight excluding hydrogens is 425 g/mol. The summed E-state index contributed by atoms with van der Waals surface area (Å²) in [6, 6.07) is 8.61. The molecule has 2 bridgehead atoms. The topological polar surface area (TPSA) is 45.2 Å². The minimum Gasteiger partial charge on any atom is -0.331 e. The van der Waals surface area contributed by atoms with Crippen LogP contribution in [-0.4, -0.2) is 41.0 Å². The maximum absolute atomic E-state index is 13.3. The van der Waals surface area contributed by atoms with E-state index in [0.717, 1.165) is 59.0 Å². The molecule has 7 heteroatoms. The summed E-state index contributed by atoms with van der Waals surface area (Å²) in [6.07, 6.45) is 3.29. The smallest absolute Gasteiger partial charge is 0.255 e. The van der Waals surface area contributed by atoms with E-state index in [9.17, 15) is 4.79 Å². The van der Waals surface area contributed by atoms with Gasteiger partial charge in [0.05, 0.1) is 11.1 Å². The molecule has 25 heavy (non-hydrogen) atoms. The number of rotatable bonds is 1. The molecule has 1 amide bonds. The zero-order chi connectivity index (χ0) is 16.0. The number of nitrogens with zero attached hydrogens (tertiary/aromatic N) is 2. The lowest BCUT2D eigenvalue weighted by Crippen LogP contribution is -2.42. The summed E-state index contributed by atoms with van der Waals surface area (Å²) in [5.74, 6) is 0.166. The quantitative estimate of drug-likeness (QED) is 0.716. The number of aromatic nitrogens is 1. The van der Waals surface area contributed by atoms with E-state index in [1.165, 1.54) is 0 Å². The van der Waals surface area contributed by atoms with E-state index in [4.69, 9.17) is 0 Å². The molecule has 2 atom stereocenters. The van der Waals surface area contributed by atoms with E-state index in [1.807, 2.05) is 31.2 Å². The third kappa shape index (κ3) is 3.80. The normalized spacial score (nSPS) is 22.1. The maximum Gasteiger partial charge on any atom is 0.255 e. The summed E-state index contributed by atoms with van der Waals surface area (Å²) in [4.78, 5) is 20.0. The second-order valence-corrected chi connectivity index (χ2v) is 7.48. The molecule has 1 N–H and O–H groups in total. The Balaban J connectivity index is 0.00000113. The number of carbonyl (C=O) groups excluding carboxylic acids is 1. The van der Waals surface area contributed by atoms with Crippen molar-refractivity contribution in [2.45, 2.75) is 38.3 Å².